The molecule has 1 N–H and O–H groups in total. The van der Waals surface area contributed by atoms with E-state index in [1.54, 1.807) is 45.4 Å². The Balaban J connectivity index is 2.01. The molecule has 2 amide bonds. The fourth-order valence-corrected chi connectivity index (χ4v) is 3.03. The van der Waals surface area contributed by atoms with Crippen LogP contribution in [0.25, 0.3) is 0 Å². The molecular weight excluding hydrogens is 364 g/mol. The highest BCUT2D eigenvalue weighted by molar-refractivity contribution is 6.08. The average molecular weight is 384 g/mol. The number of carbonyl (C=O) groups is 2. The lowest BCUT2D eigenvalue weighted by Gasteiger charge is -2.35. The highest BCUT2D eigenvalue weighted by Crippen LogP contribution is 2.35. The number of fused-ring (bicyclic) bond motifs is 1. The first-order chi connectivity index (χ1) is 13.3. The smallest absolute Gasteiger partial charge is 0.293 e. The zero-order valence-corrected chi connectivity index (χ0v) is 15.7. The number of nitrogens with zero attached hydrogens (tertiary/aromatic N) is 3. The van der Waals surface area contributed by atoms with Gasteiger partial charge >= 0.3 is 0 Å². The Hall–Kier alpha value is -3.62. The van der Waals surface area contributed by atoms with Crippen molar-refractivity contribution < 1.29 is 19.2 Å². The summed E-state index contributed by atoms with van der Waals surface area (Å²) in [5, 5.41) is 14.1. The van der Waals surface area contributed by atoms with Crippen molar-refractivity contribution in [1.82, 2.24) is 4.90 Å². The molecule has 9 heteroatoms. The second-order valence-corrected chi connectivity index (χ2v) is 6.46. The van der Waals surface area contributed by atoms with Gasteiger partial charge in [-0.25, -0.2) is 0 Å². The molecule has 0 bridgehead atoms. The Morgan fingerprint density at radius 1 is 1.25 bits per heavy atom. The van der Waals surface area contributed by atoms with Gasteiger partial charge in [0.25, 0.3) is 17.5 Å². The zero-order chi connectivity index (χ0) is 20.4. The Labute approximate surface area is 161 Å². The Morgan fingerprint density at radius 2 is 1.96 bits per heavy atom. The maximum absolute atomic E-state index is 13.2. The predicted octanol–water partition coefficient (Wildman–Crippen LogP) is 2.13. The summed E-state index contributed by atoms with van der Waals surface area (Å²) in [4.78, 5) is 39.2. The van der Waals surface area contributed by atoms with Gasteiger partial charge in [-0.3, -0.25) is 19.7 Å². The lowest BCUT2D eigenvalue weighted by atomic mass is 10.1. The summed E-state index contributed by atoms with van der Waals surface area (Å²) in [5.41, 5.74) is 0.773. The molecule has 0 aliphatic carbocycles. The van der Waals surface area contributed by atoms with Gasteiger partial charge in [-0.05, 0) is 24.3 Å². The lowest BCUT2D eigenvalue weighted by Crippen LogP contribution is -2.50. The van der Waals surface area contributed by atoms with E-state index in [9.17, 15) is 19.7 Å². The third-order valence-electron chi connectivity index (χ3n) is 4.45. The fraction of sp³-hybridized carbons (Fsp3) is 0.263. The monoisotopic (exact) mass is 384 g/mol. The number of nitro benzene ring substituents is 1. The summed E-state index contributed by atoms with van der Waals surface area (Å²) in [7, 11) is 4.79. The molecule has 3 rings (SSSR count). The minimum absolute atomic E-state index is 0.00837. The molecule has 1 atom stereocenters. The average Bonchev–Trinajstić information content (AvgIpc) is 2.71. The normalized spacial score (nSPS) is 15.2. The maximum Gasteiger partial charge on any atom is 0.293 e. The van der Waals surface area contributed by atoms with Crippen molar-refractivity contribution >= 4 is 28.9 Å². The molecule has 0 radical (unpaired) electrons. The molecule has 0 fully saturated rings. The van der Waals surface area contributed by atoms with E-state index in [4.69, 9.17) is 4.74 Å². The lowest BCUT2D eigenvalue weighted by molar-refractivity contribution is -0.384. The van der Waals surface area contributed by atoms with Crippen LogP contribution in [0.1, 0.15) is 10.4 Å². The van der Waals surface area contributed by atoms with Gasteiger partial charge in [0.05, 0.1) is 17.2 Å². The van der Waals surface area contributed by atoms with Gasteiger partial charge in [0.15, 0.2) is 6.10 Å². The number of para-hydroxylation sites is 2. The van der Waals surface area contributed by atoms with E-state index in [2.05, 4.69) is 5.32 Å². The second-order valence-electron chi connectivity index (χ2n) is 6.46. The summed E-state index contributed by atoms with van der Waals surface area (Å²) >= 11 is 0. The number of amides is 2. The fourth-order valence-electron chi connectivity index (χ4n) is 3.03. The van der Waals surface area contributed by atoms with E-state index in [-0.39, 0.29) is 23.7 Å². The van der Waals surface area contributed by atoms with Crippen LogP contribution in [0.2, 0.25) is 0 Å². The molecule has 0 aromatic heterocycles. The number of rotatable bonds is 4. The zero-order valence-electron chi connectivity index (χ0n) is 15.7. The van der Waals surface area contributed by atoms with Gasteiger partial charge in [-0.1, -0.05) is 12.1 Å². The molecule has 1 aliphatic heterocycles. The molecule has 28 heavy (non-hydrogen) atoms. The van der Waals surface area contributed by atoms with E-state index >= 15 is 0 Å². The molecule has 2 aromatic rings. The molecule has 0 saturated heterocycles. The summed E-state index contributed by atoms with van der Waals surface area (Å²) in [6, 6.07) is 11.1. The van der Waals surface area contributed by atoms with Crippen LogP contribution in [0.15, 0.2) is 42.5 Å². The first-order valence-corrected chi connectivity index (χ1v) is 8.58. The third-order valence-corrected chi connectivity index (χ3v) is 4.45. The quantitative estimate of drug-likeness (QED) is 0.640. The van der Waals surface area contributed by atoms with Crippen LogP contribution in [0.4, 0.5) is 17.1 Å². The summed E-state index contributed by atoms with van der Waals surface area (Å²) in [5.74, 6) is -0.314. The number of hydrogen-bond acceptors (Lipinski definition) is 6. The molecule has 0 spiro atoms. The number of likely N-dealkylation sites (N-methyl/N-ethyl adjacent to an activating group) is 1. The topological polar surface area (TPSA) is 105 Å². The molecule has 1 aliphatic rings. The minimum atomic E-state index is -0.861. The molecule has 1 heterocycles. The number of ether oxygens (including phenoxy) is 1. The van der Waals surface area contributed by atoms with Crippen LogP contribution < -0.4 is 15.0 Å². The van der Waals surface area contributed by atoms with Gasteiger partial charge < -0.3 is 19.9 Å². The van der Waals surface area contributed by atoms with Gasteiger partial charge in [-0.2, -0.15) is 0 Å². The van der Waals surface area contributed by atoms with Crippen molar-refractivity contribution in [3.8, 4) is 5.75 Å². The van der Waals surface area contributed by atoms with Crippen molar-refractivity contribution in [2.24, 2.45) is 0 Å². The van der Waals surface area contributed by atoms with E-state index in [0.29, 0.717) is 17.1 Å². The maximum atomic E-state index is 13.2. The van der Waals surface area contributed by atoms with Gasteiger partial charge in [0.2, 0.25) is 0 Å². The largest absolute Gasteiger partial charge is 0.476 e. The van der Waals surface area contributed by atoms with E-state index in [0.717, 1.165) is 0 Å². The van der Waals surface area contributed by atoms with Crippen LogP contribution in [-0.2, 0) is 4.79 Å². The molecule has 0 saturated carbocycles. The molecule has 9 nitrogen and oxygen atoms in total. The van der Waals surface area contributed by atoms with E-state index in [1.165, 1.54) is 28.0 Å². The van der Waals surface area contributed by atoms with Crippen LogP contribution in [-0.4, -0.2) is 55.4 Å². The first kappa shape index (κ1) is 19.2. The highest BCUT2D eigenvalue weighted by Gasteiger charge is 2.35. The Bertz CT molecular complexity index is 944. The van der Waals surface area contributed by atoms with Gasteiger partial charge in [-0.15, -0.1) is 0 Å². The number of hydrogen-bond donors (Lipinski definition) is 1. The van der Waals surface area contributed by atoms with Crippen molar-refractivity contribution in [2.45, 2.75) is 6.10 Å². The SMILES string of the molecule is CNc1ccc(C(=O)N2CC(C(=O)N(C)C)Oc3ccccc32)cc1[N+](=O)[O-]. The number of anilines is 2. The van der Waals surface area contributed by atoms with Gasteiger partial charge in [0, 0.05) is 32.8 Å². The molecule has 2 aromatic carbocycles. The standard InChI is InChI=1S/C19H20N4O5/c1-20-13-9-8-12(10-15(13)23(26)27)18(24)22-11-17(19(25)21(2)3)28-16-7-5-4-6-14(16)22/h4-10,17,20H,11H2,1-3H3. The molecule has 146 valence electrons. The number of nitrogens with one attached hydrogen (secondary N) is 1. The highest BCUT2D eigenvalue weighted by atomic mass is 16.6. The summed E-state index contributed by atoms with van der Waals surface area (Å²) in [6.07, 6.45) is -0.861. The first-order valence-electron chi connectivity index (χ1n) is 8.58. The van der Waals surface area contributed by atoms with Gasteiger partial charge in [0.1, 0.15) is 11.4 Å². The van der Waals surface area contributed by atoms with Crippen molar-refractivity contribution in [2.75, 3.05) is 37.9 Å². The Morgan fingerprint density at radius 3 is 2.61 bits per heavy atom. The van der Waals surface area contributed by atoms with Crippen molar-refractivity contribution in [1.29, 1.82) is 0 Å². The van der Waals surface area contributed by atoms with Crippen LogP contribution in [0, 0.1) is 10.1 Å². The van der Waals surface area contributed by atoms with Crippen LogP contribution in [0.3, 0.4) is 0 Å². The number of carbonyl (C=O) groups excluding carboxylic acids is 2. The van der Waals surface area contributed by atoms with Crippen LogP contribution in [0.5, 0.6) is 5.75 Å². The second kappa shape index (κ2) is 7.55. The third kappa shape index (κ3) is 3.46. The summed E-state index contributed by atoms with van der Waals surface area (Å²) in [6.45, 7) is 0.00837. The number of nitro groups is 1. The number of benzene rings is 2. The van der Waals surface area contributed by atoms with E-state index in [1.807, 2.05) is 0 Å². The Kier molecular flexibility index (Phi) is 5.16. The van der Waals surface area contributed by atoms with E-state index < -0.39 is 16.9 Å². The minimum Gasteiger partial charge on any atom is -0.476 e. The van der Waals surface area contributed by atoms with Crippen molar-refractivity contribution in [3.63, 3.8) is 0 Å². The summed E-state index contributed by atoms with van der Waals surface area (Å²) < 4.78 is 5.77. The van der Waals surface area contributed by atoms with Crippen molar-refractivity contribution in [3.05, 3.63) is 58.1 Å². The predicted molar refractivity (Wildman–Crippen MR) is 104 cm³/mol. The van der Waals surface area contributed by atoms with Crippen LogP contribution >= 0.6 is 0 Å². The molecule has 1 unspecified atom stereocenters. The molecular formula is C19H20N4O5.